The van der Waals surface area contributed by atoms with Gasteiger partial charge in [0.15, 0.2) is 0 Å². The molecule has 1 aromatic rings. The first-order chi connectivity index (χ1) is 10.7. The van der Waals surface area contributed by atoms with E-state index in [9.17, 15) is 9.50 Å². The monoisotopic (exact) mass is 300 g/mol. The molecule has 1 heterocycles. The summed E-state index contributed by atoms with van der Waals surface area (Å²) in [5, 5.41) is 10.6. The van der Waals surface area contributed by atoms with Gasteiger partial charge in [-0.1, -0.05) is 61.2 Å². The third-order valence-electron chi connectivity index (χ3n) is 3.69. The van der Waals surface area contributed by atoms with Crippen molar-refractivity contribution in [3.8, 4) is 0 Å². The van der Waals surface area contributed by atoms with Crippen LogP contribution in [0.15, 0.2) is 74.1 Å². The molecule has 1 aliphatic heterocycles. The number of hydrogen-bond donors (Lipinski definition) is 1. The van der Waals surface area contributed by atoms with Crippen LogP contribution in [0.3, 0.4) is 0 Å². The number of benzene rings is 1. The molecule has 22 heavy (non-hydrogen) atoms. The Bertz CT molecular complexity index is 562. The minimum atomic E-state index is -1.11. The van der Waals surface area contributed by atoms with Gasteiger partial charge in [0.1, 0.15) is 12.3 Å². The summed E-state index contributed by atoms with van der Waals surface area (Å²) in [6.07, 6.45) is 5.82. The Hall–Kier alpha value is -2.13. The van der Waals surface area contributed by atoms with E-state index in [1.165, 1.54) is 12.2 Å². The molecule has 0 aromatic heterocycles. The normalized spacial score (nSPS) is 26.1. The molecule has 0 amide bonds. The molecule has 0 aliphatic carbocycles. The van der Waals surface area contributed by atoms with Crippen LogP contribution in [0.25, 0.3) is 5.57 Å². The lowest BCUT2D eigenvalue weighted by Crippen LogP contribution is -2.35. The summed E-state index contributed by atoms with van der Waals surface area (Å²) in [5.41, 5.74) is 1.58. The Morgan fingerprint density at radius 2 is 2.00 bits per heavy atom. The smallest absolute Gasteiger partial charge is 0.125 e. The number of ether oxygens (including phenoxy) is 1. The van der Waals surface area contributed by atoms with Gasteiger partial charge in [-0.2, -0.15) is 0 Å². The second-order valence-electron chi connectivity index (χ2n) is 5.22. The number of aliphatic hydroxyl groups is 1. The Kier molecular flexibility index (Phi) is 5.73. The standard InChI is InChI=1S/C19H21FO2/c1-3-8-15(20)11-12-16-18(4-2)22-13-17(19(16)21)14-9-6-5-7-10-14/h3-7,9-13,15-16,18-19,21H,1-2,8H2/b12-11+. The largest absolute Gasteiger partial charge is 0.493 e. The predicted octanol–water partition coefficient (Wildman–Crippen LogP) is 4.06. The van der Waals surface area contributed by atoms with Crippen molar-refractivity contribution in [3.05, 3.63) is 79.6 Å². The van der Waals surface area contributed by atoms with Crippen LogP contribution in [0.1, 0.15) is 12.0 Å². The van der Waals surface area contributed by atoms with E-state index in [1.807, 2.05) is 30.3 Å². The Balaban J connectivity index is 2.23. The molecule has 116 valence electrons. The highest BCUT2D eigenvalue weighted by Gasteiger charge is 2.32. The van der Waals surface area contributed by atoms with Crippen molar-refractivity contribution in [3.63, 3.8) is 0 Å². The second kappa shape index (κ2) is 7.76. The molecule has 1 N–H and O–H groups in total. The van der Waals surface area contributed by atoms with Crippen LogP contribution in [-0.4, -0.2) is 23.5 Å². The predicted molar refractivity (Wildman–Crippen MR) is 87.8 cm³/mol. The van der Waals surface area contributed by atoms with Crippen LogP contribution < -0.4 is 0 Å². The van der Waals surface area contributed by atoms with Crippen molar-refractivity contribution >= 4 is 5.57 Å². The van der Waals surface area contributed by atoms with Gasteiger partial charge in [0, 0.05) is 11.5 Å². The molecular weight excluding hydrogens is 279 g/mol. The highest BCUT2D eigenvalue weighted by molar-refractivity contribution is 5.69. The Morgan fingerprint density at radius 1 is 1.27 bits per heavy atom. The first kappa shape index (κ1) is 16.2. The first-order valence-corrected chi connectivity index (χ1v) is 7.32. The van der Waals surface area contributed by atoms with Crippen LogP contribution in [0.5, 0.6) is 0 Å². The van der Waals surface area contributed by atoms with Crippen molar-refractivity contribution in [1.82, 2.24) is 0 Å². The van der Waals surface area contributed by atoms with Gasteiger partial charge in [0.2, 0.25) is 0 Å². The van der Waals surface area contributed by atoms with Gasteiger partial charge in [0.25, 0.3) is 0 Å². The number of hydrogen-bond acceptors (Lipinski definition) is 2. The van der Waals surface area contributed by atoms with Crippen LogP contribution in [0, 0.1) is 5.92 Å². The highest BCUT2D eigenvalue weighted by atomic mass is 19.1. The zero-order valence-electron chi connectivity index (χ0n) is 12.4. The molecule has 0 spiro atoms. The van der Waals surface area contributed by atoms with E-state index in [0.29, 0.717) is 5.57 Å². The van der Waals surface area contributed by atoms with Crippen LogP contribution >= 0.6 is 0 Å². The Morgan fingerprint density at radius 3 is 2.64 bits per heavy atom. The third kappa shape index (κ3) is 3.74. The maximum Gasteiger partial charge on any atom is 0.125 e. The molecule has 2 rings (SSSR count). The lowest BCUT2D eigenvalue weighted by atomic mass is 9.85. The average Bonchev–Trinajstić information content (AvgIpc) is 2.54. The minimum Gasteiger partial charge on any atom is -0.493 e. The topological polar surface area (TPSA) is 29.5 Å². The van der Waals surface area contributed by atoms with E-state index < -0.39 is 12.3 Å². The molecule has 0 saturated carbocycles. The Labute approximate surface area is 130 Å². The van der Waals surface area contributed by atoms with Crippen molar-refractivity contribution in [2.45, 2.75) is 24.8 Å². The quantitative estimate of drug-likeness (QED) is 0.803. The molecule has 0 radical (unpaired) electrons. The van der Waals surface area contributed by atoms with Crippen LogP contribution in [0.2, 0.25) is 0 Å². The summed E-state index contributed by atoms with van der Waals surface area (Å²) >= 11 is 0. The number of allylic oxidation sites excluding steroid dienone is 2. The second-order valence-corrected chi connectivity index (χ2v) is 5.22. The maximum absolute atomic E-state index is 13.6. The van der Waals surface area contributed by atoms with Gasteiger partial charge >= 0.3 is 0 Å². The molecular formula is C19H21FO2. The zero-order chi connectivity index (χ0) is 15.9. The fourth-order valence-electron chi connectivity index (χ4n) is 2.48. The maximum atomic E-state index is 13.6. The fraction of sp³-hybridized carbons (Fsp3) is 0.263. The molecule has 2 nitrogen and oxygen atoms in total. The molecule has 0 bridgehead atoms. The molecule has 1 aromatic carbocycles. The van der Waals surface area contributed by atoms with Crippen molar-refractivity contribution < 1.29 is 14.2 Å². The highest BCUT2D eigenvalue weighted by Crippen LogP contribution is 2.32. The summed E-state index contributed by atoms with van der Waals surface area (Å²) in [6.45, 7) is 7.24. The van der Waals surface area contributed by atoms with E-state index in [-0.39, 0.29) is 18.4 Å². The SMILES string of the molecule is C=CCC(F)/C=C/C1C(C=C)OC=C(c2ccccc2)C1O. The molecule has 0 fully saturated rings. The lowest BCUT2D eigenvalue weighted by Gasteiger charge is -2.32. The van der Waals surface area contributed by atoms with E-state index in [1.54, 1.807) is 18.4 Å². The van der Waals surface area contributed by atoms with Crippen LogP contribution in [-0.2, 0) is 4.74 Å². The minimum absolute atomic E-state index is 0.250. The van der Waals surface area contributed by atoms with Crippen molar-refractivity contribution in [2.24, 2.45) is 5.92 Å². The van der Waals surface area contributed by atoms with Gasteiger partial charge in [-0.05, 0) is 12.0 Å². The van der Waals surface area contributed by atoms with Gasteiger partial charge in [-0.3, -0.25) is 0 Å². The summed E-state index contributed by atoms with van der Waals surface area (Å²) in [4.78, 5) is 0. The average molecular weight is 300 g/mol. The molecule has 4 unspecified atom stereocenters. The molecule has 0 saturated heterocycles. The summed E-state index contributed by atoms with van der Waals surface area (Å²) in [6, 6.07) is 9.52. The van der Waals surface area contributed by atoms with Crippen molar-refractivity contribution in [1.29, 1.82) is 0 Å². The number of halogens is 1. The number of aliphatic hydroxyl groups excluding tert-OH is 1. The first-order valence-electron chi connectivity index (χ1n) is 7.32. The van der Waals surface area contributed by atoms with Gasteiger partial charge in [0.05, 0.1) is 12.4 Å². The number of rotatable bonds is 6. The van der Waals surface area contributed by atoms with Gasteiger partial charge in [-0.15, -0.1) is 6.58 Å². The summed E-state index contributed by atoms with van der Waals surface area (Å²) in [5.74, 6) is -0.374. The van der Waals surface area contributed by atoms with E-state index >= 15 is 0 Å². The fourth-order valence-corrected chi connectivity index (χ4v) is 2.48. The molecule has 3 heteroatoms. The van der Waals surface area contributed by atoms with E-state index in [4.69, 9.17) is 4.74 Å². The van der Waals surface area contributed by atoms with E-state index in [0.717, 1.165) is 5.56 Å². The molecule has 1 aliphatic rings. The summed E-state index contributed by atoms with van der Waals surface area (Å²) in [7, 11) is 0. The van der Waals surface area contributed by atoms with Gasteiger partial charge < -0.3 is 9.84 Å². The molecule has 4 atom stereocenters. The van der Waals surface area contributed by atoms with E-state index in [2.05, 4.69) is 13.2 Å². The van der Waals surface area contributed by atoms with Crippen LogP contribution in [0.4, 0.5) is 4.39 Å². The van der Waals surface area contributed by atoms with Gasteiger partial charge in [-0.25, -0.2) is 4.39 Å². The summed E-state index contributed by atoms with van der Waals surface area (Å²) < 4.78 is 19.3. The van der Waals surface area contributed by atoms with Crippen molar-refractivity contribution in [2.75, 3.05) is 0 Å². The third-order valence-corrected chi connectivity index (χ3v) is 3.69. The lowest BCUT2D eigenvalue weighted by molar-refractivity contribution is 0.0598. The zero-order valence-corrected chi connectivity index (χ0v) is 12.4. The number of alkyl halides is 1.